The van der Waals surface area contributed by atoms with Crippen molar-refractivity contribution in [2.45, 2.75) is 76.2 Å². The van der Waals surface area contributed by atoms with Crippen molar-refractivity contribution in [2.24, 2.45) is 0 Å². The number of carbonyl (C=O) groups excluding carboxylic acids is 2. The third-order valence-corrected chi connectivity index (χ3v) is 6.95. The van der Waals surface area contributed by atoms with Gasteiger partial charge in [-0.15, -0.1) is 0 Å². The van der Waals surface area contributed by atoms with Crippen molar-refractivity contribution < 1.29 is 18.0 Å². The van der Waals surface area contributed by atoms with Crippen LogP contribution in [0.1, 0.15) is 74.7 Å². The lowest BCUT2D eigenvalue weighted by Gasteiger charge is -2.36. The Balaban J connectivity index is 2.28. The molecule has 162 valence electrons. The number of sulfonamides is 1. The third kappa shape index (κ3) is 5.79. The Morgan fingerprint density at radius 1 is 1.10 bits per heavy atom. The Labute approximate surface area is 174 Å². The second kappa shape index (κ2) is 10.2. The van der Waals surface area contributed by atoms with Gasteiger partial charge in [0.2, 0.25) is 15.9 Å². The molecule has 0 radical (unpaired) electrons. The van der Waals surface area contributed by atoms with E-state index in [4.69, 9.17) is 0 Å². The van der Waals surface area contributed by atoms with Crippen LogP contribution in [0.5, 0.6) is 0 Å². The molecule has 0 unspecified atom stereocenters. The fraction of sp³-hybridized carbons (Fsp3) is 0.619. The van der Waals surface area contributed by atoms with Crippen molar-refractivity contribution >= 4 is 21.8 Å². The fourth-order valence-electron chi connectivity index (χ4n) is 3.68. The summed E-state index contributed by atoms with van der Waals surface area (Å²) in [5, 5.41) is 5.92. The highest BCUT2D eigenvalue weighted by Crippen LogP contribution is 2.29. The van der Waals surface area contributed by atoms with Gasteiger partial charge < -0.3 is 10.6 Å². The average Bonchev–Trinajstić information content (AvgIpc) is 2.68. The fourth-order valence-corrected chi connectivity index (χ4v) is 4.75. The van der Waals surface area contributed by atoms with Gasteiger partial charge >= 0.3 is 0 Å². The maximum Gasteiger partial charge on any atom is 0.252 e. The standard InChI is InChI=1S/C21H33N3O4S/c1-4-6-14-22-20(26)21(12-8-7-9-13-21)24-19(25)18-15-17(11-10-16(18)3)29(27,28)23-5-2/h10-11,15,23H,4-9,12-14H2,1-3H3,(H,22,26)(H,24,25). The van der Waals surface area contributed by atoms with Gasteiger partial charge in [0, 0.05) is 18.7 Å². The predicted octanol–water partition coefficient (Wildman–Crippen LogP) is 2.64. The Morgan fingerprint density at radius 3 is 2.41 bits per heavy atom. The molecule has 2 rings (SSSR count). The van der Waals surface area contributed by atoms with E-state index in [1.807, 2.05) is 0 Å². The summed E-state index contributed by atoms with van der Waals surface area (Å²) < 4.78 is 27.1. The first-order valence-corrected chi connectivity index (χ1v) is 11.9. The van der Waals surface area contributed by atoms with Crippen LogP contribution in [-0.2, 0) is 14.8 Å². The van der Waals surface area contributed by atoms with E-state index in [2.05, 4.69) is 22.3 Å². The average molecular weight is 424 g/mol. The highest BCUT2D eigenvalue weighted by Gasteiger charge is 2.41. The maximum absolute atomic E-state index is 13.1. The van der Waals surface area contributed by atoms with Gasteiger partial charge in [0.1, 0.15) is 5.54 Å². The Bertz CT molecular complexity index is 830. The Kier molecular flexibility index (Phi) is 8.22. The molecule has 1 fully saturated rings. The normalized spacial score (nSPS) is 16.2. The second-order valence-corrected chi connectivity index (χ2v) is 9.45. The number of nitrogens with one attached hydrogen (secondary N) is 3. The van der Waals surface area contributed by atoms with E-state index in [0.29, 0.717) is 24.9 Å². The first kappa shape index (κ1) is 23.3. The largest absolute Gasteiger partial charge is 0.354 e. The van der Waals surface area contributed by atoms with Crippen molar-refractivity contribution in [1.29, 1.82) is 0 Å². The van der Waals surface area contributed by atoms with E-state index >= 15 is 0 Å². The van der Waals surface area contributed by atoms with Crippen molar-refractivity contribution in [2.75, 3.05) is 13.1 Å². The highest BCUT2D eigenvalue weighted by molar-refractivity contribution is 7.89. The number of rotatable bonds is 9. The van der Waals surface area contributed by atoms with Crippen molar-refractivity contribution in [3.63, 3.8) is 0 Å². The molecule has 0 bridgehead atoms. The molecular weight excluding hydrogens is 390 g/mol. The van der Waals surface area contributed by atoms with Crippen LogP contribution in [0.4, 0.5) is 0 Å². The maximum atomic E-state index is 13.1. The lowest BCUT2D eigenvalue weighted by molar-refractivity contribution is -0.128. The monoisotopic (exact) mass is 423 g/mol. The molecule has 1 aromatic rings. The molecule has 0 aromatic heterocycles. The Morgan fingerprint density at radius 2 is 1.79 bits per heavy atom. The lowest BCUT2D eigenvalue weighted by Crippen LogP contribution is -2.59. The molecule has 3 N–H and O–H groups in total. The van der Waals surface area contributed by atoms with Gasteiger partial charge in [-0.3, -0.25) is 9.59 Å². The minimum atomic E-state index is -3.67. The second-order valence-electron chi connectivity index (χ2n) is 7.68. The van der Waals surface area contributed by atoms with Crippen molar-refractivity contribution in [3.05, 3.63) is 29.3 Å². The van der Waals surface area contributed by atoms with Gasteiger partial charge in [-0.1, -0.05) is 45.6 Å². The lowest BCUT2D eigenvalue weighted by atomic mass is 9.80. The molecule has 0 atom stereocenters. The summed E-state index contributed by atoms with van der Waals surface area (Å²) in [7, 11) is -3.67. The first-order valence-electron chi connectivity index (χ1n) is 10.5. The molecule has 29 heavy (non-hydrogen) atoms. The summed E-state index contributed by atoms with van der Waals surface area (Å²) in [5.74, 6) is -0.559. The summed E-state index contributed by atoms with van der Waals surface area (Å²) >= 11 is 0. The van der Waals surface area contributed by atoms with Crippen LogP contribution in [0, 0.1) is 6.92 Å². The highest BCUT2D eigenvalue weighted by atomic mass is 32.2. The summed E-state index contributed by atoms with van der Waals surface area (Å²) in [4.78, 5) is 26.1. The smallest absolute Gasteiger partial charge is 0.252 e. The van der Waals surface area contributed by atoms with Gasteiger partial charge in [-0.25, -0.2) is 13.1 Å². The third-order valence-electron chi connectivity index (χ3n) is 5.41. The molecule has 0 saturated heterocycles. The molecule has 0 heterocycles. The van der Waals surface area contributed by atoms with Gasteiger partial charge in [0.05, 0.1) is 4.90 Å². The number of amides is 2. The molecule has 0 spiro atoms. The van der Waals surface area contributed by atoms with Crippen LogP contribution in [0.25, 0.3) is 0 Å². The van der Waals surface area contributed by atoms with E-state index in [0.717, 1.165) is 32.1 Å². The topological polar surface area (TPSA) is 104 Å². The van der Waals surface area contributed by atoms with Gasteiger partial charge in [-0.05, 0) is 43.9 Å². The van der Waals surface area contributed by atoms with Crippen molar-refractivity contribution in [3.8, 4) is 0 Å². The summed E-state index contributed by atoms with van der Waals surface area (Å²) in [5.41, 5.74) is -0.00270. The minimum absolute atomic E-state index is 0.0418. The zero-order chi connectivity index (χ0) is 21.5. The van der Waals surface area contributed by atoms with E-state index in [-0.39, 0.29) is 22.9 Å². The summed E-state index contributed by atoms with van der Waals surface area (Å²) in [6.45, 7) is 6.36. The van der Waals surface area contributed by atoms with Crippen LogP contribution >= 0.6 is 0 Å². The van der Waals surface area contributed by atoms with Gasteiger partial charge in [0.15, 0.2) is 0 Å². The van der Waals surface area contributed by atoms with E-state index in [1.165, 1.54) is 12.1 Å². The zero-order valence-electron chi connectivity index (χ0n) is 17.6. The van der Waals surface area contributed by atoms with E-state index < -0.39 is 21.5 Å². The Hall–Kier alpha value is -1.93. The van der Waals surface area contributed by atoms with Gasteiger partial charge in [-0.2, -0.15) is 0 Å². The quantitative estimate of drug-likeness (QED) is 0.531. The molecule has 0 aliphatic heterocycles. The zero-order valence-corrected chi connectivity index (χ0v) is 18.5. The molecule has 1 aromatic carbocycles. The van der Waals surface area contributed by atoms with Crippen LogP contribution in [0.2, 0.25) is 0 Å². The van der Waals surface area contributed by atoms with Gasteiger partial charge in [0.25, 0.3) is 5.91 Å². The van der Waals surface area contributed by atoms with Crippen LogP contribution in [-0.4, -0.2) is 38.9 Å². The molecule has 8 heteroatoms. The number of carbonyl (C=O) groups is 2. The molecular formula is C21H33N3O4S. The number of benzene rings is 1. The van der Waals surface area contributed by atoms with Crippen LogP contribution < -0.4 is 15.4 Å². The van der Waals surface area contributed by atoms with Crippen LogP contribution in [0.15, 0.2) is 23.1 Å². The van der Waals surface area contributed by atoms with E-state index in [1.54, 1.807) is 19.9 Å². The molecule has 7 nitrogen and oxygen atoms in total. The number of hydrogen-bond acceptors (Lipinski definition) is 4. The summed E-state index contributed by atoms with van der Waals surface area (Å²) in [6, 6.07) is 4.49. The molecule has 2 amide bonds. The summed E-state index contributed by atoms with van der Waals surface area (Å²) in [6.07, 6.45) is 5.82. The predicted molar refractivity (Wildman–Crippen MR) is 113 cm³/mol. The molecule has 1 aliphatic carbocycles. The molecule has 1 saturated carbocycles. The molecule has 1 aliphatic rings. The number of aryl methyl sites for hydroxylation is 1. The van der Waals surface area contributed by atoms with Crippen LogP contribution in [0.3, 0.4) is 0 Å². The van der Waals surface area contributed by atoms with Crippen molar-refractivity contribution in [1.82, 2.24) is 15.4 Å². The number of unbranched alkanes of at least 4 members (excludes halogenated alkanes) is 1. The number of hydrogen-bond donors (Lipinski definition) is 3. The minimum Gasteiger partial charge on any atom is -0.354 e. The first-order chi connectivity index (χ1) is 13.8. The van der Waals surface area contributed by atoms with E-state index in [9.17, 15) is 18.0 Å². The SMILES string of the molecule is CCCCNC(=O)C1(NC(=O)c2cc(S(=O)(=O)NCC)ccc2C)CCCCC1.